The summed E-state index contributed by atoms with van der Waals surface area (Å²) in [4.78, 5) is 39.4. The van der Waals surface area contributed by atoms with E-state index < -0.39 is 29.6 Å². The summed E-state index contributed by atoms with van der Waals surface area (Å²) >= 11 is 0. The third kappa shape index (κ3) is 8.08. The third-order valence-electron chi connectivity index (χ3n) is 7.64. The van der Waals surface area contributed by atoms with Gasteiger partial charge in [-0.1, -0.05) is 87.5 Å². The summed E-state index contributed by atoms with van der Waals surface area (Å²) in [5.41, 5.74) is 3.50. The Morgan fingerprint density at radius 2 is 1.38 bits per heavy atom. The first-order valence-corrected chi connectivity index (χ1v) is 15.5. The predicted molar refractivity (Wildman–Crippen MR) is 183 cm³/mol. The Morgan fingerprint density at radius 1 is 0.766 bits per heavy atom. The van der Waals surface area contributed by atoms with Crippen molar-refractivity contribution < 1.29 is 29.0 Å². The van der Waals surface area contributed by atoms with E-state index in [1.165, 1.54) is 16.2 Å². The number of hydrogen-bond acceptors (Lipinski definition) is 5. The van der Waals surface area contributed by atoms with E-state index in [0.717, 1.165) is 16.7 Å². The van der Waals surface area contributed by atoms with Crippen molar-refractivity contribution in [2.75, 3.05) is 0 Å². The number of carboxylic acid groups (broad SMARTS) is 1. The lowest BCUT2D eigenvalue weighted by molar-refractivity contribution is -0.139. The molecule has 242 valence electrons. The standard InChI is InChI=1S/C39H40N2O6/c1-38(2,3)29-16-18-30(19-17-29)46-31-20-21-33-28(23-31)24-34(41(33)37(45)47-39(4,5)6)35(42)40-32(36(43)44)22-25-12-14-27(15-13-25)26-10-8-7-9-11-26/h7-21,23-24,32H,22H2,1-6H3,(H,40,42)(H,43,44)/t32-/m0/s1. The molecular formula is C39H40N2O6. The molecule has 0 aliphatic heterocycles. The third-order valence-corrected chi connectivity index (χ3v) is 7.64. The second-order valence-corrected chi connectivity index (χ2v) is 13.6. The van der Waals surface area contributed by atoms with Crippen molar-refractivity contribution in [1.82, 2.24) is 9.88 Å². The van der Waals surface area contributed by atoms with E-state index in [1.54, 1.807) is 39.0 Å². The molecule has 2 N–H and O–H groups in total. The van der Waals surface area contributed by atoms with Crippen LogP contribution in [0, 0.1) is 0 Å². The van der Waals surface area contributed by atoms with E-state index in [1.807, 2.05) is 78.9 Å². The molecule has 5 aromatic rings. The van der Waals surface area contributed by atoms with Crippen molar-refractivity contribution in [3.63, 3.8) is 0 Å². The molecule has 0 saturated heterocycles. The van der Waals surface area contributed by atoms with Gasteiger partial charge in [-0.15, -0.1) is 0 Å². The van der Waals surface area contributed by atoms with Gasteiger partial charge in [-0.2, -0.15) is 0 Å². The highest BCUT2D eigenvalue weighted by molar-refractivity contribution is 6.05. The van der Waals surface area contributed by atoms with Crippen molar-refractivity contribution in [3.8, 4) is 22.6 Å². The number of amides is 1. The van der Waals surface area contributed by atoms with Gasteiger partial charge in [-0.3, -0.25) is 4.79 Å². The van der Waals surface area contributed by atoms with Crippen molar-refractivity contribution >= 4 is 28.9 Å². The molecule has 1 amide bonds. The zero-order valence-electron chi connectivity index (χ0n) is 27.5. The van der Waals surface area contributed by atoms with Crippen molar-refractivity contribution in [2.45, 2.75) is 65.0 Å². The molecule has 0 aliphatic rings. The molecule has 47 heavy (non-hydrogen) atoms. The Hall–Kier alpha value is -5.37. The first kappa shape index (κ1) is 33.0. The van der Waals surface area contributed by atoms with Gasteiger partial charge < -0.3 is 19.9 Å². The van der Waals surface area contributed by atoms with Gasteiger partial charge in [0.1, 0.15) is 28.8 Å². The Bertz CT molecular complexity index is 1890. The van der Waals surface area contributed by atoms with Crippen LogP contribution in [0.4, 0.5) is 4.79 Å². The molecule has 0 aliphatic carbocycles. The van der Waals surface area contributed by atoms with Crippen LogP contribution in [0.25, 0.3) is 22.0 Å². The number of carbonyl (C=O) groups excluding carboxylic acids is 2. The van der Waals surface area contributed by atoms with Gasteiger partial charge >= 0.3 is 12.1 Å². The largest absolute Gasteiger partial charge is 0.480 e. The quantitative estimate of drug-likeness (QED) is 0.177. The van der Waals surface area contributed by atoms with Crippen LogP contribution in [0.15, 0.2) is 103 Å². The van der Waals surface area contributed by atoms with Gasteiger partial charge in [0.25, 0.3) is 5.91 Å². The maximum absolute atomic E-state index is 13.7. The van der Waals surface area contributed by atoms with Gasteiger partial charge in [-0.05, 0) is 84.8 Å². The zero-order chi connectivity index (χ0) is 33.9. The number of rotatable bonds is 8. The summed E-state index contributed by atoms with van der Waals surface area (Å²) in [7, 11) is 0. The zero-order valence-corrected chi connectivity index (χ0v) is 27.5. The minimum absolute atomic E-state index is 0.00559. The maximum atomic E-state index is 13.7. The Morgan fingerprint density at radius 3 is 1.98 bits per heavy atom. The fourth-order valence-corrected chi connectivity index (χ4v) is 5.22. The highest BCUT2D eigenvalue weighted by Crippen LogP contribution is 2.31. The summed E-state index contributed by atoms with van der Waals surface area (Å²) in [5.74, 6) is -0.765. The molecule has 0 spiro atoms. The van der Waals surface area contributed by atoms with Crippen molar-refractivity contribution in [1.29, 1.82) is 0 Å². The van der Waals surface area contributed by atoms with Crippen LogP contribution in [-0.4, -0.2) is 39.3 Å². The molecule has 1 atom stereocenters. The fourth-order valence-electron chi connectivity index (χ4n) is 5.22. The number of aliphatic carboxylic acids is 1. The molecule has 1 aromatic heterocycles. The molecule has 0 radical (unpaired) electrons. The molecule has 0 saturated carbocycles. The van der Waals surface area contributed by atoms with Crippen LogP contribution in [0.3, 0.4) is 0 Å². The second kappa shape index (κ2) is 13.2. The minimum atomic E-state index is -1.25. The van der Waals surface area contributed by atoms with E-state index in [2.05, 4.69) is 26.1 Å². The molecule has 8 nitrogen and oxygen atoms in total. The lowest BCUT2D eigenvalue weighted by Crippen LogP contribution is -2.43. The number of nitrogens with zero attached hydrogens (tertiary/aromatic N) is 1. The average Bonchev–Trinajstić information content (AvgIpc) is 3.40. The van der Waals surface area contributed by atoms with Crippen LogP contribution >= 0.6 is 0 Å². The number of hydrogen-bond donors (Lipinski definition) is 2. The summed E-state index contributed by atoms with van der Waals surface area (Å²) in [5, 5.41) is 13.2. The number of ether oxygens (including phenoxy) is 2. The van der Waals surface area contributed by atoms with E-state index in [-0.39, 0.29) is 17.5 Å². The monoisotopic (exact) mass is 632 g/mol. The summed E-state index contributed by atoms with van der Waals surface area (Å²) in [6.07, 6.45) is -0.707. The number of benzene rings is 4. The van der Waals surface area contributed by atoms with Crippen LogP contribution < -0.4 is 10.1 Å². The predicted octanol–water partition coefficient (Wildman–Crippen LogP) is 8.61. The summed E-state index contributed by atoms with van der Waals surface area (Å²) in [6.45, 7) is 11.6. The van der Waals surface area contributed by atoms with E-state index in [4.69, 9.17) is 9.47 Å². The number of fused-ring (bicyclic) bond motifs is 1. The topological polar surface area (TPSA) is 107 Å². The number of nitrogens with one attached hydrogen (secondary N) is 1. The average molecular weight is 633 g/mol. The molecule has 4 aromatic carbocycles. The Labute approximate surface area is 275 Å². The smallest absolute Gasteiger partial charge is 0.419 e. The van der Waals surface area contributed by atoms with Crippen LogP contribution in [0.5, 0.6) is 11.5 Å². The van der Waals surface area contributed by atoms with Crippen LogP contribution in [0.1, 0.15) is 63.2 Å². The molecule has 0 unspecified atom stereocenters. The SMILES string of the molecule is CC(C)(C)OC(=O)n1c(C(=O)N[C@@H](Cc2ccc(-c3ccccc3)cc2)C(=O)O)cc2cc(Oc3ccc(C(C)(C)C)cc3)ccc21. The molecule has 8 heteroatoms. The number of aromatic nitrogens is 1. The first-order valence-electron chi connectivity index (χ1n) is 15.5. The van der Waals surface area contributed by atoms with E-state index in [9.17, 15) is 19.5 Å². The lowest BCUT2D eigenvalue weighted by atomic mass is 9.87. The van der Waals surface area contributed by atoms with Gasteiger partial charge in [-0.25, -0.2) is 14.2 Å². The summed E-state index contributed by atoms with van der Waals surface area (Å²) in [6, 6.07) is 30.6. The molecule has 0 bridgehead atoms. The normalized spacial score (nSPS) is 12.4. The van der Waals surface area contributed by atoms with E-state index in [0.29, 0.717) is 22.4 Å². The maximum Gasteiger partial charge on any atom is 0.419 e. The lowest BCUT2D eigenvalue weighted by Gasteiger charge is -2.21. The van der Waals surface area contributed by atoms with Gasteiger partial charge in [0.2, 0.25) is 0 Å². The van der Waals surface area contributed by atoms with Gasteiger partial charge in [0, 0.05) is 11.8 Å². The minimum Gasteiger partial charge on any atom is -0.480 e. The fraction of sp³-hybridized carbons (Fsp3) is 0.256. The molecule has 5 rings (SSSR count). The Balaban J connectivity index is 1.42. The molecule has 1 heterocycles. The van der Waals surface area contributed by atoms with Crippen molar-refractivity contribution in [2.24, 2.45) is 0 Å². The van der Waals surface area contributed by atoms with Gasteiger partial charge in [0.15, 0.2) is 0 Å². The number of carbonyl (C=O) groups is 3. The highest BCUT2D eigenvalue weighted by atomic mass is 16.6. The van der Waals surface area contributed by atoms with Crippen molar-refractivity contribution in [3.05, 3.63) is 120 Å². The first-order chi connectivity index (χ1) is 22.2. The van der Waals surface area contributed by atoms with E-state index >= 15 is 0 Å². The Kier molecular flexibility index (Phi) is 9.24. The molecule has 0 fully saturated rings. The van der Waals surface area contributed by atoms with Gasteiger partial charge in [0.05, 0.1) is 5.52 Å². The second-order valence-electron chi connectivity index (χ2n) is 13.6. The van der Waals surface area contributed by atoms with Crippen LogP contribution in [-0.2, 0) is 21.4 Å². The number of carboxylic acids is 1. The highest BCUT2D eigenvalue weighted by Gasteiger charge is 2.28. The molecular weight excluding hydrogens is 592 g/mol. The summed E-state index contributed by atoms with van der Waals surface area (Å²) < 4.78 is 12.9. The van der Waals surface area contributed by atoms with Crippen LogP contribution in [0.2, 0.25) is 0 Å².